The van der Waals surface area contributed by atoms with Gasteiger partial charge in [0, 0.05) is 19.1 Å². The fraction of sp³-hybridized carbons (Fsp3) is 0.636. The van der Waals surface area contributed by atoms with E-state index in [0.717, 1.165) is 24.7 Å². The summed E-state index contributed by atoms with van der Waals surface area (Å²) in [6.45, 7) is 0.846. The molecule has 3 atom stereocenters. The summed E-state index contributed by atoms with van der Waals surface area (Å²) in [5.41, 5.74) is 6.93. The molecule has 1 saturated heterocycles. The zero-order valence-corrected chi connectivity index (χ0v) is 18.9. The molecular formula is C22H34N4O4S. The first-order valence-corrected chi connectivity index (χ1v) is 13.0. The van der Waals surface area contributed by atoms with E-state index in [0.29, 0.717) is 18.9 Å². The van der Waals surface area contributed by atoms with Crippen molar-refractivity contribution in [2.45, 2.75) is 63.1 Å². The number of hydrogen-bond donors (Lipinski definition) is 3. The SMILES string of the molecule is CS(=O)(=O)N[C@H](Cc1ccccc1)C(=O)N1C[C@H](N)C[C@H]1C(=O)NCC1CCCCC1. The monoisotopic (exact) mass is 450 g/mol. The fourth-order valence-electron chi connectivity index (χ4n) is 4.60. The lowest BCUT2D eigenvalue weighted by molar-refractivity contribution is -0.139. The first-order chi connectivity index (χ1) is 14.7. The van der Waals surface area contributed by atoms with Crippen LogP contribution in [0.3, 0.4) is 0 Å². The Bertz CT molecular complexity index is 856. The number of likely N-dealkylation sites (tertiary alicyclic amines) is 1. The van der Waals surface area contributed by atoms with Gasteiger partial charge in [0.15, 0.2) is 0 Å². The number of nitrogens with one attached hydrogen (secondary N) is 2. The summed E-state index contributed by atoms with van der Waals surface area (Å²) in [6.07, 6.45) is 7.47. The molecule has 1 aliphatic carbocycles. The number of nitrogens with zero attached hydrogens (tertiary/aromatic N) is 1. The Hall–Kier alpha value is -1.97. The van der Waals surface area contributed by atoms with Crippen LogP contribution in [0.1, 0.15) is 44.1 Å². The summed E-state index contributed by atoms with van der Waals surface area (Å²) < 4.78 is 26.3. The quantitative estimate of drug-likeness (QED) is 0.540. The number of sulfonamides is 1. The third-order valence-electron chi connectivity index (χ3n) is 6.15. The summed E-state index contributed by atoms with van der Waals surface area (Å²) in [4.78, 5) is 27.7. The molecule has 9 heteroatoms. The highest BCUT2D eigenvalue weighted by Crippen LogP contribution is 2.24. The number of benzene rings is 1. The molecule has 0 aromatic heterocycles. The maximum atomic E-state index is 13.4. The minimum absolute atomic E-state index is 0.203. The van der Waals surface area contributed by atoms with Crippen molar-refractivity contribution in [1.82, 2.24) is 14.9 Å². The van der Waals surface area contributed by atoms with Crippen molar-refractivity contribution < 1.29 is 18.0 Å². The molecule has 1 aromatic carbocycles. The van der Waals surface area contributed by atoms with Crippen LogP contribution in [0.15, 0.2) is 30.3 Å². The van der Waals surface area contributed by atoms with E-state index in [1.807, 2.05) is 30.3 Å². The lowest BCUT2D eigenvalue weighted by Gasteiger charge is -2.29. The number of carbonyl (C=O) groups excluding carboxylic acids is 2. The van der Waals surface area contributed by atoms with E-state index in [9.17, 15) is 18.0 Å². The summed E-state index contributed by atoms with van der Waals surface area (Å²) in [7, 11) is -3.62. The van der Waals surface area contributed by atoms with Crippen LogP contribution in [0, 0.1) is 5.92 Å². The maximum absolute atomic E-state index is 13.4. The Labute approximate surface area is 185 Å². The molecule has 31 heavy (non-hydrogen) atoms. The smallest absolute Gasteiger partial charge is 0.242 e. The molecule has 0 bridgehead atoms. The molecule has 2 aliphatic rings. The van der Waals surface area contributed by atoms with E-state index in [-0.39, 0.29) is 24.9 Å². The number of rotatable bonds is 8. The van der Waals surface area contributed by atoms with E-state index in [4.69, 9.17) is 5.73 Å². The molecule has 1 heterocycles. The van der Waals surface area contributed by atoms with Crippen molar-refractivity contribution in [2.24, 2.45) is 11.7 Å². The normalized spacial score (nSPS) is 23.5. The predicted molar refractivity (Wildman–Crippen MR) is 120 cm³/mol. The third-order valence-corrected chi connectivity index (χ3v) is 6.86. The molecule has 1 saturated carbocycles. The predicted octanol–water partition coefficient (Wildman–Crippen LogP) is 0.772. The van der Waals surface area contributed by atoms with Gasteiger partial charge in [0.2, 0.25) is 21.8 Å². The molecule has 2 fully saturated rings. The van der Waals surface area contributed by atoms with Gasteiger partial charge >= 0.3 is 0 Å². The molecule has 0 radical (unpaired) electrons. The largest absolute Gasteiger partial charge is 0.354 e. The number of amides is 2. The molecule has 1 aromatic rings. The Morgan fingerprint density at radius 3 is 2.48 bits per heavy atom. The Balaban J connectivity index is 1.70. The first-order valence-electron chi connectivity index (χ1n) is 11.1. The summed E-state index contributed by atoms with van der Waals surface area (Å²) in [5, 5.41) is 3.01. The second-order valence-corrected chi connectivity index (χ2v) is 10.7. The minimum atomic E-state index is -3.62. The average Bonchev–Trinajstić information content (AvgIpc) is 3.13. The van der Waals surface area contributed by atoms with Crippen LogP contribution in [-0.2, 0) is 26.0 Å². The highest BCUT2D eigenvalue weighted by molar-refractivity contribution is 7.88. The average molecular weight is 451 g/mol. The number of carbonyl (C=O) groups is 2. The van der Waals surface area contributed by atoms with Crippen molar-refractivity contribution in [1.29, 1.82) is 0 Å². The van der Waals surface area contributed by atoms with Crippen LogP contribution in [-0.4, -0.2) is 62.6 Å². The van der Waals surface area contributed by atoms with Gasteiger partial charge in [0.1, 0.15) is 12.1 Å². The molecule has 2 amide bonds. The van der Waals surface area contributed by atoms with Crippen LogP contribution in [0.2, 0.25) is 0 Å². The van der Waals surface area contributed by atoms with Gasteiger partial charge in [0.05, 0.1) is 6.26 Å². The molecule has 0 spiro atoms. The van der Waals surface area contributed by atoms with E-state index in [1.165, 1.54) is 24.2 Å². The number of hydrogen-bond acceptors (Lipinski definition) is 5. The minimum Gasteiger partial charge on any atom is -0.354 e. The first kappa shape index (κ1) is 23.7. The van der Waals surface area contributed by atoms with Crippen molar-refractivity contribution in [2.75, 3.05) is 19.3 Å². The number of nitrogens with two attached hydrogens (primary N) is 1. The second-order valence-electron chi connectivity index (χ2n) is 8.88. The van der Waals surface area contributed by atoms with Gasteiger partial charge < -0.3 is 16.0 Å². The van der Waals surface area contributed by atoms with Crippen molar-refractivity contribution in [3.63, 3.8) is 0 Å². The zero-order valence-electron chi connectivity index (χ0n) is 18.1. The van der Waals surface area contributed by atoms with Crippen molar-refractivity contribution in [3.8, 4) is 0 Å². The van der Waals surface area contributed by atoms with Gasteiger partial charge in [-0.1, -0.05) is 49.6 Å². The standard InChI is InChI=1S/C22H34N4O4S/c1-31(29,30)25-19(12-16-8-4-2-5-9-16)22(28)26-15-18(23)13-20(26)21(27)24-14-17-10-6-3-7-11-17/h2,4-5,8-9,17-20,25H,3,6-7,10-15,23H2,1H3,(H,24,27)/t18-,19-,20+/m1/s1. The van der Waals surface area contributed by atoms with Gasteiger partial charge in [-0.25, -0.2) is 13.1 Å². The van der Waals surface area contributed by atoms with Crippen LogP contribution >= 0.6 is 0 Å². The lowest BCUT2D eigenvalue weighted by Crippen LogP contribution is -2.54. The molecule has 172 valence electrons. The summed E-state index contributed by atoms with van der Waals surface area (Å²) in [6, 6.07) is 7.24. The topological polar surface area (TPSA) is 122 Å². The van der Waals surface area contributed by atoms with Gasteiger partial charge in [0.25, 0.3) is 0 Å². The Morgan fingerprint density at radius 1 is 1.16 bits per heavy atom. The van der Waals surface area contributed by atoms with E-state index >= 15 is 0 Å². The Morgan fingerprint density at radius 2 is 1.84 bits per heavy atom. The fourth-order valence-corrected chi connectivity index (χ4v) is 5.30. The van der Waals surface area contributed by atoms with Gasteiger partial charge in [-0.05, 0) is 37.2 Å². The molecular weight excluding hydrogens is 416 g/mol. The van der Waals surface area contributed by atoms with Crippen molar-refractivity contribution in [3.05, 3.63) is 35.9 Å². The van der Waals surface area contributed by atoms with Gasteiger partial charge in [-0.3, -0.25) is 9.59 Å². The highest BCUT2D eigenvalue weighted by atomic mass is 32.2. The van der Waals surface area contributed by atoms with Crippen LogP contribution < -0.4 is 15.8 Å². The van der Waals surface area contributed by atoms with Gasteiger partial charge in [-0.15, -0.1) is 0 Å². The molecule has 1 aliphatic heterocycles. The van der Waals surface area contributed by atoms with Crippen LogP contribution in [0.4, 0.5) is 0 Å². The van der Waals surface area contributed by atoms with E-state index < -0.39 is 28.0 Å². The van der Waals surface area contributed by atoms with Gasteiger partial charge in [-0.2, -0.15) is 0 Å². The summed E-state index contributed by atoms with van der Waals surface area (Å²) in [5.74, 6) is -0.139. The molecule has 3 rings (SSSR count). The third kappa shape index (κ3) is 7.02. The molecule has 0 unspecified atom stereocenters. The highest BCUT2D eigenvalue weighted by Gasteiger charge is 2.41. The Kier molecular flexibility index (Phi) is 8.07. The van der Waals surface area contributed by atoms with E-state index in [1.54, 1.807) is 0 Å². The second kappa shape index (κ2) is 10.6. The maximum Gasteiger partial charge on any atom is 0.242 e. The van der Waals surface area contributed by atoms with E-state index in [2.05, 4.69) is 10.0 Å². The van der Waals surface area contributed by atoms with Crippen molar-refractivity contribution >= 4 is 21.8 Å². The van der Waals surface area contributed by atoms with Crippen LogP contribution in [0.25, 0.3) is 0 Å². The summed E-state index contributed by atoms with van der Waals surface area (Å²) >= 11 is 0. The van der Waals surface area contributed by atoms with Crippen LogP contribution in [0.5, 0.6) is 0 Å². The molecule has 4 N–H and O–H groups in total. The zero-order chi connectivity index (χ0) is 22.4. The lowest BCUT2D eigenvalue weighted by atomic mass is 9.89. The molecule has 8 nitrogen and oxygen atoms in total.